The van der Waals surface area contributed by atoms with E-state index in [0.717, 1.165) is 12.1 Å². The summed E-state index contributed by atoms with van der Waals surface area (Å²) >= 11 is 0. The molecule has 2 atom stereocenters. The number of carbonyl (C=O) groups excluding carboxylic acids is 1. The zero-order chi connectivity index (χ0) is 24.1. The third kappa shape index (κ3) is 6.30. The van der Waals surface area contributed by atoms with Crippen LogP contribution >= 0.6 is 0 Å². The molecule has 0 aliphatic carbocycles. The molecule has 1 aromatic carbocycles. The standard InChI is InChI=1S/C22H26F2N4O5/c1-13(2)7-18(22(32)25-20-5-6-27(26-20)10-15(30)12-29)28-11-16(9-21(28)31)33-19-4-3-14(23)8-17(19)24/h3-6,8-9,11,13,15,18,29-31H,7,10,12H2,1-2H3,(H,25,26,32)/t15-,18+/m1/s1. The summed E-state index contributed by atoms with van der Waals surface area (Å²) in [7, 11) is 0. The van der Waals surface area contributed by atoms with Crippen LogP contribution in [0, 0.1) is 17.6 Å². The Morgan fingerprint density at radius 2 is 2.00 bits per heavy atom. The summed E-state index contributed by atoms with van der Waals surface area (Å²) in [4.78, 5) is 13.0. The number of nitrogens with one attached hydrogen (secondary N) is 1. The number of hydrogen-bond donors (Lipinski definition) is 4. The maximum absolute atomic E-state index is 13.9. The van der Waals surface area contributed by atoms with Crippen molar-refractivity contribution < 1.29 is 33.6 Å². The van der Waals surface area contributed by atoms with Crippen molar-refractivity contribution in [2.45, 2.75) is 39.0 Å². The molecule has 0 aliphatic rings. The predicted molar refractivity (Wildman–Crippen MR) is 115 cm³/mol. The molecule has 3 rings (SSSR count). The highest BCUT2D eigenvalue weighted by Crippen LogP contribution is 2.33. The normalized spacial score (nSPS) is 13.2. The quantitative estimate of drug-likeness (QED) is 0.366. The summed E-state index contributed by atoms with van der Waals surface area (Å²) in [5.74, 6) is -2.22. The third-order valence-corrected chi connectivity index (χ3v) is 4.76. The molecule has 2 aromatic heterocycles. The first-order valence-corrected chi connectivity index (χ1v) is 10.3. The topological polar surface area (TPSA) is 122 Å². The van der Waals surface area contributed by atoms with Crippen LogP contribution in [0.3, 0.4) is 0 Å². The molecule has 0 saturated carbocycles. The minimum atomic E-state index is -0.983. The summed E-state index contributed by atoms with van der Waals surface area (Å²) in [6.07, 6.45) is 2.29. The largest absolute Gasteiger partial charge is 0.494 e. The molecule has 0 unspecified atom stereocenters. The van der Waals surface area contributed by atoms with Gasteiger partial charge in [0.2, 0.25) is 5.91 Å². The van der Waals surface area contributed by atoms with Gasteiger partial charge in [-0.25, -0.2) is 8.78 Å². The maximum Gasteiger partial charge on any atom is 0.248 e. The molecule has 0 bridgehead atoms. The molecule has 9 nitrogen and oxygen atoms in total. The van der Waals surface area contributed by atoms with Crippen molar-refractivity contribution in [3.63, 3.8) is 0 Å². The van der Waals surface area contributed by atoms with E-state index in [0.29, 0.717) is 12.5 Å². The number of hydrogen-bond acceptors (Lipinski definition) is 6. The van der Waals surface area contributed by atoms with E-state index in [-0.39, 0.29) is 35.7 Å². The smallest absolute Gasteiger partial charge is 0.248 e. The van der Waals surface area contributed by atoms with E-state index in [9.17, 15) is 23.8 Å². The number of aliphatic hydroxyl groups is 2. The van der Waals surface area contributed by atoms with Crippen LogP contribution in [-0.2, 0) is 11.3 Å². The van der Waals surface area contributed by atoms with Gasteiger partial charge in [0.1, 0.15) is 17.6 Å². The minimum Gasteiger partial charge on any atom is -0.494 e. The van der Waals surface area contributed by atoms with Crippen LogP contribution in [0.2, 0.25) is 0 Å². The minimum absolute atomic E-state index is 0.0564. The average molecular weight is 464 g/mol. The lowest BCUT2D eigenvalue weighted by Gasteiger charge is -2.20. The molecule has 33 heavy (non-hydrogen) atoms. The van der Waals surface area contributed by atoms with E-state index in [1.54, 1.807) is 6.20 Å². The van der Waals surface area contributed by atoms with Gasteiger partial charge >= 0.3 is 0 Å². The lowest BCUT2D eigenvalue weighted by atomic mass is 10.0. The van der Waals surface area contributed by atoms with Crippen molar-refractivity contribution in [3.8, 4) is 17.4 Å². The first-order valence-electron chi connectivity index (χ1n) is 10.3. The highest BCUT2D eigenvalue weighted by molar-refractivity contribution is 5.93. The molecule has 1 amide bonds. The summed E-state index contributed by atoms with van der Waals surface area (Å²) in [5.41, 5.74) is 0. The van der Waals surface area contributed by atoms with E-state index in [4.69, 9.17) is 9.84 Å². The van der Waals surface area contributed by atoms with Gasteiger partial charge < -0.3 is 29.9 Å². The van der Waals surface area contributed by atoms with Gasteiger partial charge in [0.05, 0.1) is 25.5 Å². The summed E-state index contributed by atoms with van der Waals surface area (Å²) < 4.78 is 35.1. The second-order valence-electron chi connectivity index (χ2n) is 8.01. The number of nitrogens with zero attached hydrogens (tertiary/aromatic N) is 3. The molecule has 0 fully saturated rings. The predicted octanol–water partition coefficient (Wildman–Crippen LogP) is 3.04. The molecule has 3 aromatic rings. The number of aliphatic hydroxyl groups excluding tert-OH is 2. The summed E-state index contributed by atoms with van der Waals surface area (Å²) in [6.45, 7) is 3.46. The number of aromatic hydroxyl groups is 1. The molecule has 4 N–H and O–H groups in total. The Balaban J connectivity index is 1.79. The van der Waals surface area contributed by atoms with Crippen molar-refractivity contribution in [1.29, 1.82) is 0 Å². The zero-order valence-electron chi connectivity index (χ0n) is 18.2. The lowest BCUT2D eigenvalue weighted by molar-refractivity contribution is -0.119. The van der Waals surface area contributed by atoms with Crippen molar-refractivity contribution in [2.24, 2.45) is 5.92 Å². The zero-order valence-corrected chi connectivity index (χ0v) is 18.2. The van der Waals surface area contributed by atoms with Gasteiger partial charge in [-0.2, -0.15) is 5.10 Å². The number of benzene rings is 1. The van der Waals surface area contributed by atoms with E-state index >= 15 is 0 Å². The van der Waals surface area contributed by atoms with Crippen LogP contribution in [0.4, 0.5) is 14.6 Å². The highest BCUT2D eigenvalue weighted by Gasteiger charge is 2.26. The van der Waals surface area contributed by atoms with E-state index in [1.807, 2.05) is 13.8 Å². The van der Waals surface area contributed by atoms with E-state index < -0.39 is 36.3 Å². The Morgan fingerprint density at radius 1 is 1.24 bits per heavy atom. The molecule has 0 aliphatic heterocycles. The fourth-order valence-corrected chi connectivity index (χ4v) is 3.24. The summed E-state index contributed by atoms with van der Waals surface area (Å²) in [6, 6.07) is 4.78. The number of halogens is 2. The van der Waals surface area contributed by atoms with Gasteiger partial charge in [-0.1, -0.05) is 13.8 Å². The Labute approximate surface area is 188 Å². The molecule has 2 heterocycles. The molecule has 0 spiro atoms. The highest BCUT2D eigenvalue weighted by atomic mass is 19.1. The second-order valence-corrected chi connectivity index (χ2v) is 8.01. The van der Waals surface area contributed by atoms with Crippen LogP contribution in [0.5, 0.6) is 17.4 Å². The number of ether oxygens (including phenoxy) is 1. The number of carbonyl (C=O) groups is 1. The van der Waals surface area contributed by atoms with Crippen LogP contribution < -0.4 is 10.1 Å². The number of amides is 1. The van der Waals surface area contributed by atoms with Crippen LogP contribution in [0.1, 0.15) is 26.3 Å². The fourth-order valence-electron chi connectivity index (χ4n) is 3.24. The van der Waals surface area contributed by atoms with Crippen LogP contribution in [0.15, 0.2) is 42.7 Å². The average Bonchev–Trinajstić information content (AvgIpc) is 3.33. The van der Waals surface area contributed by atoms with Crippen molar-refractivity contribution >= 4 is 11.7 Å². The van der Waals surface area contributed by atoms with Gasteiger partial charge in [-0.3, -0.25) is 9.48 Å². The van der Waals surface area contributed by atoms with Crippen molar-refractivity contribution in [1.82, 2.24) is 14.3 Å². The monoisotopic (exact) mass is 464 g/mol. The first-order chi connectivity index (χ1) is 15.7. The van der Waals surface area contributed by atoms with Gasteiger partial charge in [-0.05, 0) is 24.5 Å². The van der Waals surface area contributed by atoms with Gasteiger partial charge in [0.25, 0.3) is 0 Å². The van der Waals surface area contributed by atoms with Gasteiger partial charge in [0, 0.05) is 24.4 Å². The maximum atomic E-state index is 13.9. The lowest BCUT2D eigenvalue weighted by Crippen LogP contribution is -2.27. The molecular weight excluding hydrogens is 438 g/mol. The Bertz CT molecular complexity index is 1100. The fraction of sp³-hybridized carbons (Fsp3) is 0.364. The molecule has 178 valence electrons. The van der Waals surface area contributed by atoms with Gasteiger partial charge in [0.15, 0.2) is 23.3 Å². The second kappa shape index (κ2) is 10.5. The molecule has 11 heteroatoms. The van der Waals surface area contributed by atoms with Crippen molar-refractivity contribution in [3.05, 3.63) is 54.4 Å². The SMILES string of the molecule is CC(C)C[C@@H](C(=O)Nc1ccn(C[C@@H](O)CO)n1)n1cc(Oc2ccc(F)cc2F)cc1O. The van der Waals surface area contributed by atoms with E-state index in [2.05, 4.69) is 10.4 Å². The molecular formula is C22H26F2N4O5. The Kier molecular flexibility index (Phi) is 7.67. The molecule has 0 saturated heterocycles. The number of anilines is 1. The van der Waals surface area contributed by atoms with Crippen LogP contribution in [0.25, 0.3) is 0 Å². The number of rotatable bonds is 10. The third-order valence-electron chi connectivity index (χ3n) is 4.76. The Morgan fingerprint density at radius 3 is 2.67 bits per heavy atom. The van der Waals surface area contributed by atoms with E-state index in [1.165, 1.54) is 27.6 Å². The summed E-state index contributed by atoms with van der Waals surface area (Å²) in [5, 5.41) is 35.7. The van der Waals surface area contributed by atoms with Gasteiger partial charge in [-0.15, -0.1) is 0 Å². The number of aromatic nitrogens is 3. The molecule has 0 radical (unpaired) electrons. The first kappa shape index (κ1) is 24.2. The van der Waals surface area contributed by atoms with Crippen LogP contribution in [-0.4, -0.2) is 48.3 Å². The Hall–Kier alpha value is -3.44. The van der Waals surface area contributed by atoms with Crippen molar-refractivity contribution in [2.75, 3.05) is 11.9 Å².